The van der Waals surface area contributed by atoms with Crippen molar-refractivity contribution in [2.45, 2.75) is 58.2 Å². The molecular formula is C17H23NO2. The zero-order valence-corrected chi connectivity index (χ0v) is 12.5. The number of ketones is 1. The third-order valence-corrected chi connectivity index (χ3v) is 5.11. The van der Waals surface area contributed by atoms with E-state index in [1.807, 2.05) is 19.2 Å². The Labute approximate surface area is 120 Å². The predicted octanol–water partition coefficient (Wildman–Crippen LogP) is 3.13. The maximum Gasteiger partial charge on any atom is 0.147 e. The van der Waals surface area contributed by atoms with E-state index in [1.165, 1.54) is 5.56 Å². The van der Waals surface area contributed by atoms with Crippen LogP contribution in [-0.4, -0.2) is 23.0 Å². The Morgan fingerprint density at radius 2 is 2.10 bits per heavy atom. The van der Waals surface area contributed by atoms with Crippen LogP contribution in [0.2, 0.25) is 0 Å². The molecule has 1 aromatic heterocycles. The Hall–Kier alpha value is -1.22. The molecule has 108 valence electrons. The van der Waals surface area contributed by atoms with E-state index < -0.39 is 0 Å². The van der Waals surface area contributed by atoms with Crippen molar-refractivity contribution in [3.8, 4) is 0 Å². The Morgan fingerprint density at radius 1 is 1.30 bits per heavy atom. The minimum absolute atomic E-state index is 0.0166. The molecule has 1 aromatic rings. The lowest BCUT2D eigenvalue weighted by Gasteiger charge is -2.27. The van der Waals surface area contributed by atoms with E-state index in [1.54, 1.807) is 0 Å². The molecule has 2 aliphatic rings. The number of fused-ring (bicyclic) bond motifs is 1. The number of rotatable bonds is 2. The summed E-state index contributed by atoms with van der Waals surface area (Å²) in [4.78, 5) is 17.5. The second-order valence-corrected chi connectivity index (χ2v) is 6.33. The molecule has 0 spiro atoms. The van der Waals surface area contributed by atoms with E-state index in [4.69, 9.17) is 4.74 Å². The van der Waals surface area contributed by atoms with Gasteiger partial charge in [0.1, 0.15) is 5.78 Å². The molecule has 3 heteroatoms. The molecule has 20 heavy (non-hydrogen) atoms. The highest BCUT2D eigenvalue weighted by molar-refractivity contribution is 5.89. The summed E-state index contributed by atoms with van der Waals surface area (Å²) >= 11 is 0. The molecule has 0 bridgehead atoms. The maximum atomic E-state index is 13.0. The summed E-state index contributed by atoms with van der Waals surface area (Å²) in [5, 5.41) is 0. The van der Waals surface area contributed by atoms with Gasteiger partial charge in [-0.3, -0.25) is 9.78 Å². The van der Waals surface area contributed by atoms with Crippen LogP contribution >= 0.6 is 0 Å². The number of hydrogen-bond donors (Lipinski definition) is 0. The van der Waals surface area contributed by atoms with E-state index >= 15 is 0 Å². The highest BCUT2D eigenvalue weighted by Crippen LogP contribution is 2.39. The predicted molar refractivity (Wildman–Crippen MR) is 77.6 cm³/mol. The fourth-order valence-corrected chi connectivity index (χ4v) is 3.88. The molecule has 1 aliphatic heterocycles. The number of Topliss-reactive ketones (excluding diaryl/α,β-unsaturated/α-hetero) is 1. The molecule has 0 saturated carbocycles. The zero-order chi connectivity index (χ0) is 14.3. The zero-order valence-electron chi connectivity index (χ0n) is 12.5. The molecule has 5 unspecified atom stereocenters. The number of ether oxygens (including phenoxy) is 1. The Kier molecular flexibility index (Phi) is 3.63. The van der Waals surface area contributed by atoms with Gasteiger partial charge in [-0.25, -0.2) is 0 Å². The van der Waals surface area contributed by atoms with Crippen LogP contribution in [0.1, 0.15) is 50.8 Å². The van der Waals surface area contributed by atoms with Crippen molar-refractivity contribution < 1.29 is 9.53 Å². The summed E-state index contributed by atoms with van der Waals surface area (Å²) in [6.45, 7) is 6.24. The third kappa shape index (κ3) is 2.18. The minimum Gasteiger partial charge on any atom is -0.375 e. The van der Waals surface area contributed by atoms with E-state index in [0.29, 0.717) is 11.7 Å². The fraction of sp³-hybridized carbons (Fsp3) is 0.647. The van der Waals surface area contributed by atoms with Gasteiger partial charge in [-0.15, -0.1) is 0 Å². The van der Waals surface area contributed by atoms with Crippen LogP contribution < -0.4 is 0 Å². The van der Waals surface area contributed by atoms with Crippen molar-refractivity contribution >= 4 is 5.78 Å². The number of pyridine rings is 1. The summed E-state index contributed by atoms with van der Waals surface area (Å²) < 4.78 is 5.84. The molecule has 0 radical (unpaired) electrons. The van der Waals surface area contributed by atoms with Crippen LogP contribution in [0.15, 0.2) is 18.3 Å². The number of hydrogen-bond acceptors (Lipinski definition) is 3. The number of carbonyl (C=O) groups excluding carboxylic acids is 1. The summed E-state index contributed by atoms with van der Waals surface area (Å²) in [6, 6.07) is 4.08. The monoisotopic (exact) mass is 273 g/mol. The van der Waals surface area contributed by atoms with E-state index in [0.717, 1.165) is 25.0 Å². The number of aromatic nitrogens is 1. The van der Waals surface area contributed by atoms with Crippen LogP contribution in [0.25, 0.3) is 0 Å². The highest BCUT2D eigenvalue weighted by atomic mass is 16.5. The first-order valence-electron chi connectivity index (χ1n) is 7.72. The first kappa shape index (κ1) is 13.7. The Balaban J connectivity index is 1.89. The summed E-state index contributed by atoms with van der Waals surface area (Å²) in [5.41, 5.74) is 2.27. The van der Waals surface area contributed by atoms with Crippen molar-refractivity contribution in [3.63, 3.8) is 0 Å². The maximum absolute atomic E-state index is 13.0. The topological polar surface area (TPSA) is 39.2 Å². The van der Waals surface area contributed by atoms with Crippen molar-refractivity contribution in [3.05, 3.63) is 29.6 Å². The summed E-state index contributed by atoms with van der Waals surface area (Å²) in [5.74, 6) is 0.632. The van der Waals surface area contributed by atoms with Crippen molar-refractivity contribution in [2.24, 2.45) is 11.8 Å². The molecule has 1 saturated heterocycles. The molecule has 1 aliphatic carbocycles. The second kappa shape index (κ2) is 5.28. The molecule has 5 atom stereocenters. The summed E-state index contributed by atoms with van der Waals surface area (Å²) in [7, 11) is 0. The van der Waals surface area contributed by atoms with Gasteiger partial charge in [0.15, 0.2) is 0 Å². The highest BCUT2D eigenvalue weighted by Gasteiger charge is 2.44. The van der Waals surface area contributed by atoms with Crippen LogP contribution in [-0.2, 0) is 16.0 Å². The van der Waals surface area contributed by atoms with Crippen LogP contribution in [0.3, 0.4) is 0 Å². The lowest BCUT2D eigenvalue weighted by molar-refractivity contribution is -0.127. The third-order valence-electron chi connectivity index (χ3n) is 5.11. The van der Waals surface area contributed by atoms with Crippen LogP contribution in [0.4, 0.5) is 0 Å². The van der Waals surface area contributed by atoms with Gasteiger partial charge >= 0.3 is 0 Å². The van der Waals surface area contributed by atoms with Gasteiger partial charge in [0.2, 0.25) is 0 Å². The number of aryl methyl sites for hydroxylation is 1. The average molecular weight is 273 g/mol. The van der Waals surface area contributed by atoms with E-state index in [2.05, 4.69) is 24.9 Å². The van der Waals surface area contributed by atoms with Gasteiger partial charge in [0.05, 0.1) is 23.8 Å². The van der Waals surface area contributed by atoms with Crippen molar-refractivity contribution in [1.82, 2.24) is 4.98 Å². The normalized spacial score (nSPS) is 36.6. The number of nitrogens with zero attached hydrogens (tertiary/aromatic N) is 1. The molecule has 3 rings (SSSR count). The van der Waals surface area contributed by atoms with Crippen LogP contribution in [0.5, 0.6) is 0 Å². The molecule has 1 fully saturated rings. The Morgan fingerprint density at radius 3 is 2.80 bits per heavy atom. The van der Waals surface area contributed by atoms with Gasteiger partial charge in [-0.05, 0) is 50.7 Å². The fourth-order valence-electron chi connectivity index (χ4n) is 3.88. The van der Waals surface area contributed by atoms with E-state index in [-0.39, 0.29) is 24.0 Å². The molecule has 3 nitrogen and oxygen atoms in total. The largest absolute Gasteiger partial charge is 0.375 e. The molecule has 2 heterocycles. The first-order valence-corrected chi connectivity index (χ1v) is 7.72. The Bertz CT molecular complexity index is 513. The minimum atomic E-state index is -0.0243. The molecule has 0 N–H and O–H groups in total. The van der Waals surface area contributed by atoms with Gasteiger partial charge < -0.3 is 4.74 Å². The van der Waals surface area contributed by atoms with Crippen molar-refractivity contribution in [1.29, 1.82) is 0 Å². The smallest absolute Gasteiger partial charge is 0.147 e. The quantitative estimate of drug-likeness (QED) is 0.831. The summed E-state index contributed by atoms with van der Waals surface area (Å²) in [6.07, 6.45) is 5.09. The van der Waals surface area contributed by atoms with Gasteiger partial charge in [-0.1, -0.05) is 13.0 Å². The average Bonchev–Trinajstić information content (AvgIpc) is 2.71. The standard InChI is InChI=1S/C17H23NO2/c1-10-11(2)20-12(3)15(10)17(19)14-8-4-6-13-7-5-9-18-16(13)14/h5,7,9-12,14-15H,4,6,8H2,1-3H3. The van der Waals surface area contributed by atoms with Gasteiger partial charge in [0, 0.05) is 12.1 Å². The lowest BCUT2D eigenvalue weighted by Crippen LogP contribution is -2.33. The van der Waals surface area contributed by atoms with Crippen LogP contribution in [0, 0.1) is 11.8 Å². The SMILES string of the molecule is CC1OC(C)C(C(=O)C2CCCc3cccnc32)C1C. The van der Waals surface area contributed by atoms with Gasteiger partial charge in [-0.2, -0.15) is 0 Å². The molecule has 0 aromatic carbocycles. The molecular weight excluding hydrogens is 250 g/mol. The second-order valence-electron chi connectivity index (χ2n) is 6.33. The van der Waals surface area contributed by atoms with Crippen molar-refractivity contribution in [2.75, 3.05) is 0 Å². The number of carbonyl (C=O) groups is 1. The lowest BCUT2D eigenvalue weighted by atomic mass is 9.75. The van der Waals surface area contributed by atoms with Gasteiger partial charge in [0.25, 0.3) is 0 Å². The molecule has 0 amide bonds. The first-order chi connectivity index (χ1) is 9.59. The van der Waals surface area contributed by atoms with E-state index in [9.17, 15) is 4.79 Å².